The summed E-state index contributed by atoms with van der Waals surface area (Å²) >= 11 is 1.86. The second-order valence-corrected chi connectivity index (χ2v) is 6.71. The van der Waals surface area contributed by atoms with E-state index in [-0.39, 0.29) is 6.04 Å². The molecule has 2 N–H and O–H groups in total. The van der Waals surface area contributed by atoms with Crippen molar-refractivity contribution in [3.63, 3.8) is 0 Å². The summed E-state index contributed by atoms with van der Waals surface area (Å²) in [6.45, 7) is 6.46. The van der Waals surface area contributed by atoms with E-state index >= 15 is 0 Å². The third kappa shape index (κ3) is 4.69. The number of rotatable bonds is 7. The predicted molar refractivity (Wildman–Crippen MR) is 81.2 cm³/mol. The van der Waals surface area contributed by atoms with Gasteiger partial charge >= 0.3 is 0 Å². The van der Waals surface area contributed by atoms with Crippen LogP contribution in [-0.2, 0) is 0 Å². The minimum atomic E-state index is 0.160. The standard InChI is InChI=1S/C14H27N3S/c1-11-7-8-13(18-11)14(12(2)15)17(5)10-6-9-16(3)4/h7-8,12,14H,6,9-10,15H2,1-5H3. The molecule has 0 amide bonds. The second kappa shape index (κ2) is 7.24. The van der Waals surface area contributed by atoms with Gasteiger partial charge in [0.2, 0.25) is 0 Å². The van der Waals surface area contributed by atoms with Gasteiger partial charge in [-0.3, -0.25) is 4.90 Å². The Morgan fingerprint density at radius 1 is 1.22 bits per heavy atom. The lowest BCUT2D eigenvalue weighted by Crippen LogP contribution is -2.37. The fraction of sp³-hybridized carbons (Fsp3) is 0.714. The quantitative estimate of drug-likeness (QED) is 0.824. The lowest BCUT2D eigenvalue weighted by Gasteiger charge is -2.30. The molecule has 0 aliphatic heterocycles. The highest BCUT2D eigenvalue weighted by Crippen LogP contribution is 2.28. The van der Waals surface area contributed by atoms with Crippen LogP contribution in [0.15, 0.2) is 12.1 Å². The van der Waals surface area contributed by atoms with Gasteiger partial charge in [-0.15, -0.1) is 11.3 Å². The zero-order chi connectivity index (χ0) is 13.7. The molecular weight excluding hydrogens is 242 g/mol. The highest BCUT2D eigenvalue weighted by molar-refractivity contribution is 7.12. The zero-order valence-electron chi connectivity index (χ0n) is 12.3. The van der Waals surface area contributed by atoms with Gasteiger partial charge in [0.1, 0.15) is 0 Å². The first-order valence-corrected chi connectivity index (χ1v) is 7.40. The van der Waals surface area contributed by atoms with E-state index in [0.717, 1.165) is 13.1 Å². The van der Waals surface area contributed by atoms with Crippen molar-refractivity contribution in [2.24, 2.45) is 5.73 Å². The molecule has 0 saturated heterocycles. The molecule has 0 bridgehead atoms. The van der Waals surface area contributed by atoms with E-state index in [1.165, 1.54) is 16.2 Å². The second-order valence-electron chi connectivity index (χ2n) is 5.39. The van der Waals surface area contributed by atoms with Gasteiger partial charge in [-0.25, -0.2) is 0 Å². The highest BCUT2D eigenvalue weighted by atomic mass is 32.1. The van der Waals surface area contributed by atoms with Gasteiger partial charge in [0, 0.05) is 15.8 Å². The van der Waals surface area contributed by atoms with Crippen molar-refractivity contribution in [2.45, 2.75) is 32.4 Å². The number of nitrogens with two attached hydrogens (primary N) is 1. The molecule has 0 aromatic carbocycles. The maximum absolute atomic E-state index is 6.16. The number of likely N-dealkylation sites (N-methyl/N-ethyl adjacent to an activating group) is 1. The molecule has 3 nitrogen and oxygen atoms in total. The van der Waals surface area contributed by atoms with E-state index in [9.17, 15) is 0 Å². The number of aryl methyl sites for hydroxylation is 1. The van der Waals surface area contributed by atoms with Crippen LogP contribution in [0.3, 0.4) is 0 Å². The highest BCUT2D eigenvalue weighted by Gasteiger charge is 2.22. The molecule has 1 aromatic heterocycles. The van der Waals surface area contributed by atoms with E-state index in [1.54, 1.807) is 0 Å². The van der Waals surface area contributed by atoms with Crippen molar-refractivity contribution in [3.8, 4) is 0 Å². The lowest BCUT2D eigenvalue weighted by atomic mass is 10.1. The van der Waals surface area contributed by atoms with Crippen molar-refractivity contribution in [3.05, 3.63) is 21.9 Å². The molecule has 0 spiro atoms. The van der Waals surface area contributed by atoms with Crippen molar-refractivity contribution >= 4 is 11.3 Å². The van der Waals surface area contributed by atoms with E-state index in [4.69, 9.17) is 5.73 Å². The molecule has 4 heteroatoms. The topological polar surface area (TPSA) is 32.5 Å². The number of hydrogen-bond donors (Lipinski definition) is 1. The van der Waals surface area contributed by atoms with E-state index in [1.807, 2.05) is 11.3 Å². The summed E-state index contributed by atoms with van der Waals surface area (Å²) in [5, 5.41) is 0. The minimum absolute atomic E-state index is 0.160. The zero-order valence-corrected chi connectivity index (χ0v) is 13.1. The Hall–Kier alpha value is -0.420. The van der Waals surface area contributed by atoms with Crippen LogP contribution in [0.5, 0.6) is 0 Å². The first-order valence-electron chi connectivity index (χ1n) is 6.58. The van der Waals surface area contributed by atoms with Crippen molar-refractivity contribution in [1.29, 1.82) is 0 Å². The van der Waals surface area contributed by atoms with Crippen LogP contribution in [0, 0.1) is 6.92 Å². The van der Waals surface area contributed by atoms with Crippen molar-refractivity contribution in [1.82, 2.24) is 9.80 Å². The molecule has 0 fully saturated rings. The summed E-state index contributed by atoms with van der Waals surface area (Å²) in [5.41, 5.74) is 6.16. The predicted octanol–water partition coefficient (Wildman–Crippen LogP) is 2.33. The van der Waals surface area contributed by atoms with Gasteiger partial charge in [0.05, 0.1) is 6.04 Å². The monoisotopic (exact) mass is 269 g/mol. The molecular formula is C14H27N3S. The van der Waals surface area contributed by atoms with Crippen LogP contribution >= 0.6 is 11.3 Å². The van der Waals surface area contributed by atoms with Crippen LogP contribution in [0.4, 0.5) is 0 Å². The molecule has 1 heterocycles. The van der Waals surface area contributed by atoms with Crippen LogP contribution < -0.4 is 5.73 Å². The third-order valence-corrected chi connectivity index (χ3v) is 4.21. The fourth-order valence-electron chi connectivity index (χ4n) is 2.27. The minimum Gasteiger partial charge on any atom is -0.326 e. The molecule has 104 valence electrons. The van der Waals surface area contributed by atoms with Gasteiger partial charge in [-0.1, -0.05) is 0 Å². The Balaban J connectivity index is 2.61. The molecule has 0 aliphatic rings. The maximum Gasteiger partial charge on any atom is 0.0588 e. The Morgan fingerprint density at radius 3 is 2.33 bits per heavy atom. The Bertz CT molecular complexity index is 347. The Kier molecular flexibility index (Phi) is 6.29. The maximum atomic E-state index is 6.16. The van der Waals surface area contributed by atoms with Crippen LogP contribution in [0.2, 0.25) is 0 Å². The van der Waals surface area contributed by atoms with E-state index in [0.29, 0.717) is 6.04 Å². The average Bonchev–Trinajstić information content (AvgIpc) is 2.63. The van der Waals surface area contributed by atoms with Crippen LogP contribution in [0.1, 0.15) is 29.1 Å². The summed E-state index contributed by atoms with van der Waals surface area (Å²) in [6.07, 6.45) is 1.18. The van der Waals surface area contributed by atoms with Gasteiger partial charge in [0.15, 0.2) is 0 Å². The molecule has 0 radical (unpaired) electrons. The van der Waals surface area contributed by atoms with E-state index in [2.05, 4.69) is 56.9 Å². The summed E-state index contributed by atoms with van der Waals surface area (Å²) < 4.78 is 0. The number of thiophene rings is 1. The first-order chi connectivity index (χ1) is 8.41. The Labute approximate surface area is 116 Å². The van der Waals surface area contributed by atoms with E-state index < -0.39 is 0 Å². The summed E-state index contributed by atoms with van der Waals surface area (Å²) in [5.74, 6) is 0. The van der Waals surface area contributed by atoms with Gasteiger partial charge < -0.3 is 10.6 Å². The molecule has 0 aliphatic carbocycles. The van der Waals surface area contributed by atoms with Crippen LogP contribution in [-0.4, -0.2) is 50.1 Å². The smallest absolute Gasteiger partial charge is 0.0588 e. The SMILES string of the molecule is Cc1ccc(C(C(C)N)N(C)CCCN(C)C)s1. The van der Waals surface area contributed by atoms with Crippen molar-refractivity contribution < 1.29 is 0 Å². The van der Waals surface area contributed by atoms with Gasteiger partial charge in [-0.2, -0.15) is 0 Å². The number of hydrogen-bond acceptors (Lipinski definition) is 4. The summed E-state index contributed by atoms with van der Waals surface area (Å²) in [7, 11) is 6.41. The third-order valence-electron chi connectivity index (χ3n) is 3.14. The average molecular weight is 269 g/mol. The molecule has 1 rings (SSSR count). The molecule has 18 heavy (non-hydrogen) atoms. The fourth-order valence-corrected chi connectivity index (χ4v) is 3.42. The number of nitrogens with zero attached hydrogens (tertiary/aromatic N) is 2. The first kappa shape index (κ1) is 15.6. The largest absolute Gasteiger partial charge is 0.326 e. The van der Waals surface area contributed by atoms with Crippen molar-refractivity contribution in [2.75, 3.05) is 34.2 Å². The molecule has 0 saturated carbocycles. The normalized spacial score (nSPS) is 15.3. The summed E-state index contributed by atoms with van der Waals surface area (Å²) in [6, 6.07) is 4.90. The van der Waals surface area contributed by atoms with Gasteiger partial charge in [-0.05, 0) is 66.6 Å². The molecule has 1 aromatic rings. The van der Waals surface area contributed by atoms with Gasteiger partial charge in [0.25, 0.3) is 0 Å². The molecule has 2 atom stereocenters. The molecule has 2 unspecified atom stereocenters. The Morgan fingerprint density at radius 2 is 1.89 bits per heavy atom. The van der Waals surface area contributed by atoms with Crippen LogP contribution in [0.25, 0.3) is 0 Å². The summed E-state index contributed by atoms with van der Waals surface area (Å²) in [4.78, 5) is 7.36. The lowest BCUT2D eigenvalue weighted by molar-refractivity contribution is 0.211.